The summed E-state index contributed by atoms with van der Waals surface area (Å²) in [6.45, 7) is 2.27. The highest BCUT2D eigenvalue weighted by molar-refractivity contribution is 7.47. The first kappa shape index (κ1) is 31.2. The lowest BCUT2D eigenvalue weighted by Crippen LogP contribution is -2.38. The van der Waals surface area contributed by atoms with E-state index in [0.29, 0.717) is 11.3 Å². The second kappa shape index (κ2) is 11.1. The molecule has 22 nitrogen and oxygen atoms in total. The number of nitrogens with two attached hydrogens (primary N) is 2. The van der Waals surface area contributed by atoms with Gasteiger partial charge in [-0.1, -0.05) is 6.58 Å². The summed E-state index contributed by atoms with van der Waals surface area (Å²) in [5.74, 6) is 0.0742. The first-order valence-electron chi connectivity index (χ1n) is 13.5. The number of H-pyrrole nitrogens is 1. The topological polar surface area (TPSA) is 316 Å². The van der Waals surface area contributed by atoms with Crippen LogP contribution < -0.4 is 17.0 Å². The van der Waals surface area contributed by atoms with E-state index < -0.39 is 83.5 Å². The van der Waals surface area contributed by atoms with Gasteiger partial charge < -0.3 is 40.9 Å². The smallest absolute Gasteiger partial charge is 0.387 e. The van der Waals surface area contributed by atoms with Crippen LogP contribution >= 0.6 is 15.6 Å². The zero-order chi connectivity index (χ0) is 32.7. The molecule has 0 saturated carbocycles. The summed E-state index contributed by atoms with van der Waals surface area (Å²) >= 11 is 0. The van der Waals surface area contributed by atoms with Crippen molar-refractivity contribution in [3.63, 3.8) is 0 Å². The van der Waals surface area contributed by atoms with Crippen molar-refractivity contribution in [2.45, 2.75) is 55.5 Å². The van der Waals surface area contributed by atoms with Crippen molar-refractivity contribution in [2.75, 3.05) is 18.9 Å². The van der Waals surface area contributed by atoms with Gasteiger partial charge in [0.05, 0.1) is 25.9 Å². The third kappa shape index (κ3) is 5.41. The van der Waals surface area contributed by atoms with Gasteiger partial charge in [0, 0.05) is 6.42 Å². The molecule has 248 valence electrons. The van der Waals surface area contributed by atoms with Crippen LogP contribution in [0.2, 0.25) is 0 Å². The van der Waals surface area contributed by atoms with Crippen molar-refractivity contribution in [3.05, 3.63) is 35.3 Å². The number of phosphoric acid groups is 2. The largest absolute Gasteiger partial charge is 0.472 e. The number of nitrogen functional groups attached to an aromatic ring is 1. The summed E-state index contributed by atoms with van der Waals surface area (Å²) in [7, 11) is -10.2. The monoisotopic (exact) mass is 687 g/mol. The number of nitrogens with one attached hydrogen (secondary N) is 1. The van der Waals surface area contributed by atoms with E-state index in [2.05, 4.69) is 31.5 Å². The average Bonchev–Trinajstić information content (AvgIpc) is 3.72. The molecule has 4 aliphatic heterocycles. The lowest BCUT2D eigenvalue weighted by Gasteiger charge is -2.26. The van der Waals surface area contributed by atoms with Gasteiger partial charge >= 0.3 is 15.6 Å². The van der Waals surface area contributed by atoms with Gasteiger partial charge in [0.15, 0.2) is 29.4 Å². The lowest BCUT2D eigenvalue weighted by molar-refractivity contribution is -0.0680. The number of aliphatic hydroxyl groups excluding tert-OH is 2. The number of anilines is 1. The van der Waals surface area contributed by atoms with Crippen molar-refractivity contribution < 1.29 is 56.7 Å². The van der Waals surface area contributed by atoms with Crippen molar-refractivity contribution in [2.24, 2.45) is 10.7 Å². The fourth-order valence-corrected chi connectivity index (χ4v) is 7.46. The minimum Gasteiger partial charge on any atom is -0.387 e. The first-order valence-corrected chi connectivity index (χ1v) is 16.5. The molecule has 3 saturated heterocycles. The summed E-state index contributed by atoms with van der Waals surface area (Å²) in [6, 6.07) is 0. The Labute approximate surface area is 256 Å². The summed E-state index contributed by atoms with van der Waals surface area (Å²) in [4.78, 5) is 52.4. The van der Waals surface area contributed by atoms with Gasteiger partial charge in [-0.2, -0.15) is 4.98 Å². The van der Waals surface area contributed by atoms with Crippen LogP contribution in [0.1, 0.15) is 24.6 Å². The normalized spacial score (nSPS) is 38.4. The minimum atomic E-state index is -5.10. The molecule has 46 heavy (non-hydrogen) atoms. The highest BCUT2D eigenvalue weighted by Crippen LogP contribution is 2.54. The van der Waals surface area contributed by atoms with E-state index in [1.54, 1.807) is 0 Å². The SMILES string of the molecule is C=C1CC(N)=Nc2c1ncn2C1OC2COP(=O)(O)OC3C(O)C(COP(=O)(O)OC1C2O)OC3n1cnc2c(=O)[nH]c(N)nc21. The maximum atomic E-state index is 13.2. The van der Waals surface area contributed by atoms with Crippen LogP contribution in [0.4, 0.5) is 11.8 Å². The number of fused-ring (bicyclic) bond motifs is 6. The Morgan fingerprint density at radius 1 is 0.935 bits per heavy atom. The Balaban J connectivity index is 1.22. The van der Waals surface area contributed by atoms with E-state index in [-0.39, 0.29) is 35.2 Å². The number of rotatable bonds is 2. The number of imidazole rings is 2. The van der Waals surface area contributed by atoms with Gasteiger partial charge in [-0.25, -0.2) is 24.1 Å². The summed E-state index contributed by atoms with van der Waals surface area (Å²) in [5, 5.41) is 22.2. The van der Waals surface area contributed by atoms with E-state index in [9.17, 15) is 33.9 Å². The van der Waals surface area contributed by atoms with E-state index in [0.717, 1.165) is 10.9 Å². The number of amidine groups is 1. The Morgan fingerprint density at radius 2 is 1.50 bits per heavy atom. The van der Waals surface area contributed by atoms with Gasteiger partial charge in [0.1, 0.15) is 48.2 Å². The highest BCUT2D eigenvalue weighted by Gasteiger charge is 2.54. The van der Waals surface area contributed by atoms with E-state index >= 15 is 0 Å². The van der Waals surface area contributed by atoms with E-state index in [1.165, 1.54) is 10.9 Å². The van der Waals surface area contributed by atoms with Crippen LogP contribution in [0.5, 0.6) is 0 Å². The third-order valence-electron chi connectivity index (χ3n) is 7.68. The Bertz CT molecular complexity index is 1910. The molecule has 3 aromatic rings. The molecule has 7 heterocycles. The third-order valence-corrected chi connectivity index (χ3v) is 9.66. The van der Waals surface area contributed by atoms with Crippen molar-refractivity contribution >= 4 is 50.0 Å². The van der Waals surface area contributed by atoms with Crippen LogP contribution in [0.25, 0.3) is 16.7 Å². The molecule has 0 aromatic carbocycles. The van der Waals surface area contributed by atoms with Gasteiger partial charge in [-0.05, 0) is 5.57 Å². The quantitative estimate of drug-likeness (QED) is 0.151. The molecule has 0 radical (unpaired) electrons. The second-order valence-corrected chi connectivity index (χ2v) is 13.6. The van der Waals surface area contributed by atoms with Crippen molar-refractivity contribution in [3.8, 4) is 0 Å². The Hall–Kier alpha value is -3.37. The van der Waals surface area contributed by atoms with Crippen LogP contribution in [-0.4, -0.2) is 105 Å². The van der Waals surface area contributed by atoms with Gasteiger partial charge in [-0.15, -0.1) is 0 Å². The molecule has 3 fully saturated rings. The number of ether oxygens (including phenoxy) is 2. The number of aromatic amines is 1. The number of hydrogen-bond acceptors (Lipinski definition) is 17. The number of aliphatic hydroxyl groups is 2. The fourth-order valence-electron chi connectivity index (χ4n) is 5.60. The van der Waals surface area contributed by atoms with Crippen molar-refractivity contribution in [1.29, 1.82) is 0 Å². The Morgan fingerprint density at radius 3 is 2.11 bits per heavy atom. The molecular weight excluding hydrogens is 660 g/mol. The molecule has 10 unspecified atom stereocenters. The molecule has 4 aliphatic rings. The molecule has 10 atom stereocenters. The number of nitrogens with zero attached hydrogens (tertiary/aromatic N) is 6. The number of phosphoric ester groups is 2. The fraction of sp³-hybridized carbons (Fsp3) is 0.500. The number of hydrogen-bond donors (Lipinski definition) is 7. The molecule has 4 bridgehead atoms. The molecule has 0 spiro atoms. The van der Waals surface area contributed by atoms with E-state index in [4.69, 9.17) is 39.0 Å². The lowest BCUT2D eigenvalue weighted by atomic mass is 10.1. The molecule has 0 aliphatic carbocycles. The summed E-state index contributed by atoms with van der Waals surface area (Å²) in [5.41, 5.74) is 11.5. The molecule has 7 rings (SSSR count). The predicted molar refractivity (Wildman–Crippen MR) is 151 cm³/mol. The number of aromatic nitrogens is 6. The zero-order valence-electron chi connectivity index (χ0n) is 23.3. The number of aliphatic imine (C=N–C) groups is 1. The summed E-state index contributed by atoms with van der Waals surface area (Å²) < 4.78 is 61.5. The predicted octanol–water partition coefficient (Wildman–Crippen LogP) is -1.46. The van der Waals surface area contributed by atoms with E-state index in [1.807, 2.05) is 0 Å². The highest BCUT2D eigenvalue weighted by atomic mass is 31.2. The Kier molecular flexibility index (Phi) is 7.55. The van der Waals surface area contributed by atoms with Crippen LogP contribution in [0, 0.1) is 0 Å². The minimum absolute atomic E-state index is 0.132. The molecule has 24 heteroatoms. The standard InChI is InChI=1S/C22H27N9O13P2/c1-7-2-10(23)27-17-11(7)25-5-30(17)20-15-13(32)8(41-20)3-39-46(37,38)44-16-14(33)9(4-40-45(35,36)43-15)42-21(16)31-6-26-12-18(31)28-22(24)29-19(12)34/h5-6,8-9,13-16,20-21,32-33H,1-4H2,(H2,23,27)(H,35,36)(H,37,38)(H3,24,28,29,34). The van der Waals surface area contributed by atoms with Crippen LogP contribution in [0.3, 0.4) is 0 Å². The van der Waals surface area contributed by atoms with Gasteiger partial charge in [0.2, 0.25) is 5.95 Å². The molecule has 9 N–H and O–H groups in total. The first-order chi connectivity index (χ1) is 21.7. The average molecular weight is 687 g/mol. The molecular formula is C22H27N9O13P2. The van der Waals surface area contributed by atoms with Crippen LogP contribution in [-0.2, 0) is 36.7 Å². The van der Waals surface area contributed by atoms with Gasteiger partial charge in [0.25, 0.3) is 5.56 Å². The zero-order valence-corrected chi connectivity index (χ0v) is 25.1. The molecule has 0 amide bonds. The van der Waals surface area contributed by atoms with Crippen LogP contribution in [0.15, 0.2) is 29.0 Å². The second-order valence-electron chi connectivity index (χ2n) is 10.8. The maximum absolute atomic E-state index is 13.2. The van der Waals surface area contributed by atoms with Gasteiger partial charge in [-0.3, -0.25) is 37.0 Å². The summed E-state index contributed by atoms with van der Waals surface area (Å²) in [6.07, 6.45) is -10.1. The molecule has 3 aromatic heterocycles. The maximum Gasteiger partial charge on any atom is 0.472 e. The van der Waals surface area contributed by atoms with Crippen molar-refractivity contribution in [1.82, 2.24) is 29.1 Å².